The number of rotatable bonds is 8. The number of ether oxygens (including phenoxy) is 1. The number of nitrogens with zero attached hydrogens (tertiary/aromatic N) is 1. The van der Waals surface area contributed by atoms with Crippen molar-refractivity contribution in [3.63, 3.8) is 0 Å². The molecule has 3 amide bonds. The first-order valence-corrected chi connectivity index (χ1v) is 11.7. The predicted molar refractivity (Wildman–Crippen MR) is 125 cm³/mol. The number of amides is 3. The lowest BCUT2D eigenvalue weighted by Gasteiger charge is -2.34. The van der Waals surface area contributed by atoms with Crippen LogP contribution in [-0.2, 0) is 14.3 Å². The topological polar surface area (TPSA) is 87.7 Å². The van der Waals surface area contributed by atoms with Gasteiger partial charge in [0.1, 0.15) is 18.2 Å². The van der Waals surface area contributed by atoms with Crippen LogP contribution in [0, 0.1) is 6.92 Å². The summed E-state index contributed by atoms with van der Waals surface area (Å²) in [7, 11) is 0. The molecule has 1 unspecified atom stereocenters. The number of hydrogen-bond donors (Lipinski definition) is 2. The fraction of sp³-hybridized carbons (Fsp3) is 0.640. The molecule has 7 nitrogen and oxygen atoms in total. The largest absolute Gasteiger partial charge is 0.444 e. The Morgan fingerprint density at radius 1 is 1.12 bits per heavy atom. The molecule has 0 saturated heterocycles. The molecular formula is C25H39N3O4. The molecule has 1 aliphatic carbocycles. The normalized spacial score (nSPS) is 15.5. The highest BCUT2D eigenvalue weighted by molar-refractivity contribution is 5.90. The lowest BCUT2D eigenvalue weighted by molar-refractivity contribution is -0.140. The van der Waals surface area contributed by atoms with Crippen molar-refractivity contribution in [1.82, 2.24) is 15.5 Å². The highest BCUT2D eigenvalue weighted by Gasteiger charge is 2.33. The van der Waals surface area contributed by atoms with Crippen LogP contribution in [0.5, 0.6) is 0 Å². The van der Waals surface area contributed by atoms with E-state index >= 15 is 0 Å². The number of hydrogen-bond acceptors (Lipinski definition) is 4. The van der Waals surface area contributed by atoms with E-state index in [1.54, 1.807) is 25.7 Å². The molecule has 178 valence electrons. The third-order valence-electron chi connectivity index (χ3n) is 5.56. The van der Waals surface area contributed by atoms with Crippen molar-refractivity contribution < 1.29 is 19.1 Å². The van der Waals surface area contributed by atoms with E-state index in [-0.39, 0.29) is 24.4 Å². The van der Waals surface area contributed by atoms with Gasteiger partial charge in [0.05, 0.1) is 0 Å². The molecule has 0 spiro atoms. The molecule has 2 N–H and O–H groups in total. The van der Waals surface area contributed by atoms with Crippen molar-refractivity contribution in [2.45, 2.75) is 90.8 Å². The second-order valence-corrected chi connectivity index (χ2v) is 9.55. The standard InChI is InChI=1S/C25H39N3O4/c1-6-16-28(21(29)17-26-24(31)32-25(3,4)5)22(20-15-11-10-12-18(20)2)23(30)27-19-13-8-7-9-14-19/h10-12,15,19,22H,6-9,13-14,16-17H2,1-5H3,(H,26,31)(H,27,30). The Morgan fingerprint density at radius 3 is 2.38 bits per heavy atom. The van der Waals surface area contributed by atoms with Gasteiger partial charge < -0.3 is 20.3 Å². The summed E-state index contributed by atoms with van der Waals surface area (Å²) in [5, 5.41) is 5.72. The first-order chi connectivity index (χ1) is 15.1. The molecule has 1 fully saturated rings. The summed E-state index contributed by atoms with van der Waals surface area (Å²) in [5.41, 5.74) is 1.10. The van der Waals surface area contributed by atoms with Crippen molar-refractivity contribution in [2.75, 3.05) is 13.1 Å². The quantitative estimate of drug-likeness (QED) is 0.626. The Bertz CT molecular complexity index is 782. The highest BCUT2D eigenvalue weighted by atomic mass is 16.6. The average molecular weight is 446 g/mol. The molecule has 0 heterocycles. The van der Waals surface area contributed by atoms with Gasteiger partial charge in [0.15, 0.2) is 0 Å². The molecule has 2 rings (SSSR count). The summed E-state index contributed by atoms with van der Waals surface area (Å²) >= 11 is 0. The molecule has 0 aromatic heterocycles. The summed E-state index contributed by atoms with van der Waals surface area (Å²) in [6.45, 7) is 9.39. The molecule has 1 aromatic carbocycles. The monoisotopic (exact) mass is 445 g/mol. The molecular weight excluding hydrogens is 406 g/mol. The van der Waals surface area contributed by atoms with Crippen molar-refractivity contribution in [3.8, 4) is 0 Å². The first-order valence-electron chi connectivity index (χ1n) is 11.7. The maximum atomic E-state index is 13.5. The third-order valence-corrected chi connectivity index (χ3v) is 5.56. The molecule has 0 aliphatic heterocycles. The zero-order chi connectivity index (χ0) is 23.7. The molecule has 7 heteroatoms. The van der Waals surface area contributed by atoms with Gasteiger partial charge >= 0.3 is 6.09 Å². The number of carbonyl (C=O) groups is 3. The van der Waals surface area contributed by atoms with E-state index in [1.807, 2.05) is 38.1 Å². The van der Waals surface area contributed by atoms with Gasteiger partial charge in [-0.1, -0.05) is 50.5 Å². The molecule has 1 aromatic rings. The summed E-state index contributed by atoms with van der Waals surface area (Å²) < 4.78 is 5.24. The molecule has 0 radical (unpaired) electrons. The third kappa shape index (κ3) is 7.84. The molecule has 1 aliphatic rings. The summed E-state index contributed by atoms with van der Waals surface area (Å²) in [5.74, 6) is -0.477. The summed E-state index contributed by atoms with van der Waals surface area (Å²) in [6, 6.07) is 7.05. The van der Waals surface area contributed by atoms with Crippen LogP contribution in [0.3, 0.4) is 0 Å². The Kier molecular flexibility index (Phi) is 9.54. The minimum Gasteiger partial charge on any atom is -0.444 e. The number of benzene rings is 1. The van der Waals surface area contributed by atoms with E-state index in [1.165, 1.54) is 6.42 Å². The number of aryl methyl sites for hydroxylation is 1. The zero-order valence-electron chi connectivity index (χ0n) is 20.2. The van der Waals surface area contributed by atoms with Crippen molar-refractivity contribution in [1.29, 1.82) is 0 Å². The Balaban J connectivity index is 2.24. The van der Waals surface area contributed by atoms with Crippen LogP contribution >= 0.6 is 0 Å². The van der Waals surface area contributed by atoms with Crippen LogP contribution < -0.4 is 10.6 Å². The van der Waals surface area contributed by atoms with Gasteiger partial charge in [-0.3, -0.25) is 9.59 Å². The van der Waals surface area contributed by atoms with E-state index in [4.69, 9.17) is 4.74 Å². The van der Waals surface area contributed by atoms with Crippen LogP contribution in [-0.4, -0.2) is 47.5 Å². The lowest BCUT2D eigenvalue weighted by Crippen LogP contribution is -2.50. The summed E-state index contributed by atoms with van der Waals surface area (Å²) in [4.78, 5) is 40.3. The fourth-order valence-electron chi connectivity index (χ4n) is 4.07. The van der Waals surface area contributed by atoms with Crippen LogP contribution in [0.1, 0.15) is 83.4 Å². The van der Waals surface area contributed by atoms with Gasteiger partial charge in [-0.2, -0.15) is 0 Å². The number of alkyl carbamates (subject to hydrolysis) is 1. The van der Waals surface area contributed by atoms with Crippen molar-refractivity contribution in [3.05, 3.63) is 35.4 Å². The van der Waals surface area contributed by atoms with Gasteiger partial charge in [-0.05, 0) is 58.1 Å². The minimum atomic E-state index is -0.744. The van der Waals surface area contributed by atoms with Gasteiger partial charge in [0, 0.05) is 12.6 Å². The molecule has 32 heavy (non-hydrogen) atoms. The maximum absolute atomic E-state index is 13.5. The lowest BCUT2D eigenvalue weighted by atomic mass is 9.94. The highest BCUT2D eigenvalue weighted by Crippen LogP contribution is 2.26. The van der Waals surface area contributed by atoms with Crippen LogP contribution in [0.4, 0.5) is 4.79 Å². The second kappa shape index (κ2) is 11.9. The Labute approximate surface area is 192 Å². The molecule has 1 saturated carbocycles. The van der Waals surface area contributed by atoms with Gasteiger partial charge in [-0.15, -0.1) is 0 Å². The first kappa shape index (κ1) is 25.7. The van der Waals surface area contributed by atoms with Gasteiger partial charge in [0.25, 0.3) is 0 Å². The molecule has 0 bridgehead atoms. The number of carbonyl (C=O) groups excluding carboxylic acids is 3. The van der Waals surface area contributed by atoms with E-state index in [0.29, 0.717) is 13.0 Å². The van der Waals surface area contributed by atoms with Crippen molar-refractivity contribution in [2.24, 2.45) is 0 Å². The second-order valence-electron chi connectivity index (χ2n) is 9.55. The zero-order valence-corrected chi connectivity index (χ0v) is 20.2. The van der Waals surface area contributed by atoms with Gasteiger partial charge in [-0.25, -0.2) is 4.79 Å². The van der Waals surface area contributed by atoms with E-state index in [0.717, 1.165) is 36.8 Å². The predicted octanol–water partition coefficient (Wildman–Crippen LogP) is 4.25. The Morgan fingerprint density at radius 2 is 1.78 bits per heavy atom. The minimum absolute atomic E-state index is 0.140. The smallest absolute Gasteiger partial charge is 0.408 e. The fourth-order valence-corrected chi connectivity index (χ4v) is 4.07. The Hall–Kier alpha value is -2.57. The van der Waals surface area contributed by atoms with Crippen LogP contribution in [0.2, 0.25) is 0 Å². The molecule has 1 atom stereocenters. The summed E-state index contributed by atoms with van der Waals surface area (Å²) in [6.07, 6.45) is 5.39. The van der Waals surface area contributed by atoms with E-state index < -0.39 is 17.7 Å². The number of nitrogens with one attached hydrogen (secondary N) is 2. The SMILES string of the molecule is CCCN(C(=O)CNC(=O)OC(C)(C)C)C(C(=O)NC1CCCCC1)c1ccccc1C. The van der Waals surface area contributed by atoms with Crippen molar-refractivity contribution >= 4 is 17.9 Å². The van der Waals surface area contributed by atoms with Crippen LogP contribution in [0.25, 0.3) is 0 Å². The maximum Gasteiger partial charge on any atom is 0.408 e. The van der Waals surface area contributed by atoms with E-state index in [2.05, 4.69) is 10.6 Å². The van der Waals surface area contributed by atoms with E-state index in [9.17, 15) is 14.4 Å². The van der Waals surface area contributed by atoms with Gasteiger partial charge in [0.2, 0.25) is 11.8 Å². The van der Waals surface area contributed by atoms with Crippen LogP contribution in [0.15, 0.2) is 24.3 Å². The average Bonchev–Trinajstić information content (AvgIpc) is 2.72.